The molecule has 0 spiro atoms. The fraction of sp³-hybridized carbons (Fsp3) is 0.963. The van der Waals surface area contributed by atoms with Crippen LogP contribution in [0.1, 0.15) is 116 Å². The van der Waals surface area contributed by atoms with E-state index in [4.69, 9.17) is 14.6 Å². The van der Waals surface area contributed by atoms with E-state index in [1.54, 1.807) is 27.7 Å². The van der Waals surface area contributed by atoms with Crippen molar-refractivity contribution in [3.05, 3.63) is 6.42 Å². The number of unbranched alkanes of at least 4 members (excludes halogenated alkanes) is 1. The standard InChI is InChI=1S/C21H46NO2Si.2C3H8O.Ti/c1-10-15-21(23,22(11-2)12-3)16-13-14-17-24-25(18(4)5,19(6)7)20(8)9;2*1-3(2)4;/h13,18-20,23H,10-12,14-17H2,1-9H3;2*3-4H,1-2H3;/q-1;;;. The number of hydrogen-bond donors (Lipinski definition) is 3. The van der Waals surface area contributed by atoms with Gasteiger partial charge in [0.1, 0.15) is 0 Å². The molecule has 0 heterocycles. The third-order valence-electron chi connectivity index (χ3n) is 5.85. The van der Waals surface area contributed by atoms with Gasteiger partial charge in [-0.1, -0.05) is 68.7 Å². The number of hydrogen-bond acceptors (Lipinski definition) is 5. The zero-order chi connectivity index (χ0) is 26.8. The Morgan fingerprint density at radius 1 is 0.794 bits per heavy atom. The van der Waals surface area contributed by atoms with Crippen LogP contribution < -0.4 is 0 Å². The minimum atomic E-state index is -1.77. The summed E-state index contributed by atoms with van der Waals surface area (Å²) in [6, 6.07) is 0. The first-order valence-corrected chi connectivity index (χ1v) is 15.5. The van der Waals surface area contributed by atoms with Crippen LogP contribution in [-0.2, 0) is 26.1 Å². The van der Waals surface area contributed by atoms with Crippen LogP contribution in [0.4, 0.5) is 0 Å². The Kier molecular flexibility index (Phi) is 28.2. The van der Waals surface area contributed by atoms with Crippen molar-refractivity contribution in [3.8, 4) is 0 Å². The third-order valence-corrected chi connectivity index (χ3v) is 12.0. The molecule has 34 heavy (non-hydrogen) atoms. The van der Waals surface area contributed by atoms with Crippen LogP contribution in [0.25, 0.3) is 0 Å². The summed E-state index contributed by atoms with van der Waals surface area (Å²) >= 11 is 0. The molecule has 208 valence electrons. The van der Waals surface area contributed by atoms with Gasteiger partial charge in [-0.15, -0.1) is 6.42 Å². The fourth-order valence-electron chi connectivity index (χ4n) is 4.75. The topological polar surface area (TPSA) is 73.2 Å². The first-order chi connectivity index (χ1) is 15.1. The van der Waals surface area contributed by atoms with E-state index in [-0.39, 0.29) is 33.9 Å². The minimum absolute atomic E-state index is 0. The second-order valence-corrected chi connectivity index (χ2v) is 16.0. The number of aliphatic hydroxyl groups excluding tert-OH is 2. The largest absolute Gasteiger partial charge is 0.419 e. The molecule has 1 atom stereocenters. The summed E-state index contributed by atoms with van der Waals surface area (Å²) in [4.78, 5) is 2.18. The van der Waals surface area contributed by atoms with Gasteiger partial charge in [0.2, 0.25) is 0 Å². The normalized spacial score (nSPS) is 13.6. The molecule has 0 rings (SSSR count). The van der Waals surface area contributed by atoms with E-state index in [1.165, 1.54) is 0 Å². The Morgan fingerprint density at radius 3 is 1.41 bits per heavy atom. The molecule has 0 fully saturated rings. The van der Waals surface area contributed by atoms with Gasteiger partial charge in [-0.3, -0.25) is 4.90 Å². The van der Waals surface area contributed by atoms with Gasteiger partial charge >= 0.3 is 0 Å². The molecule has 0 bridgehead atoms. The van der Waals surface area contributed by atoms with E-state index in [0.29, 0.717) is 16.6 Å². The van der Waals surface area contributed by atoms with E-state index < -0.39 is 14.0 Å². The predicted molar refractivity (Wildman–Crippen MR) is 148 cm³/mol. The summed E-state index contributed by atoms with van der Waals surface area (Å²) in [6.07, 6.45) is 5.39. The quantitative estimate of drug-likeness (QED) is 0.0982. The zero-order valence-corrected chi connectivity index (χ0v) is 27.7. The maximum atomic E-state index is 11.1. The maximum absolute atomic E-state index is 11.1. The predicted octanol–water partition coefficient (Wildman–Crippen LogP) is 6.77. The molecule has 0 radical (unpaired) electrons. The van der Waals surface area contributed by atoms with E-state index in [2.05, 4.69) is 73.6 Å². The Balaban J connectivity index is -0.000000430. The van der Waals surface area contributed by atoms with Gasteiger partial charge in [-0.2, -0.15) is 6.42 Å². The molecule has 5 nitrogen and oxygen atoms in total. The molecular weight excluding hydrogens is 478 g/mol. The summed E-state index contributed by atoms with van der Waals surface area (Å²) < 4.78 is 6.61. The molecule has 0 saturated heterocycles. The Labute approximate surface area is 230 Å². The molecule has 0 aliphatic rings. The summed E-state index contributed by atoms with van der Waals surface area (Å²) in [7, 11) is -1.77. The van der Waals surface area contributed by atoms with Gasteiger partial charge in [0, 0.05) is 40.5 Å². The van der Waals surface area contributed by atoms with Gasteiger partial charge in [-0.05, 0) is 63.8 Å². The van der Waals surface area contributed by atoms with E-state index >= 15 is 0 Å². The molecule has 0 aromatic carbocycles. The van der Waals surface area contributed by atoms with Crippen molar-refractivity contribution in [1.82, 2.24) is 4.90 Å². The van der Waals surface area contributed by atoms with Crippen LogP contribution in [-0.4, -0.2) is 66.2 Å². The summed E-state index contributed by atoms with van der Waals surface area (Å²) in [5.41, 5.74) is 1.18. The first kappa shape index (κ1) is 41.8. The van der Waals surface area contributed by atoms with Crippen LogP contribution >= 0.6 is 0 Å². The van der Waals surface area contributed by atoms with Crippen molar-refractivity contribution in [2.75, 3.05) is 19.7 Å². The first-order valence-electron chi connectivity index (χ1n) is 13.4. The average molecular weight is 541 g/mol. The zero-order valence-electron chi connectivity index (χ0n) is 25.1. The van der Waals surface area contributed by atoms with Crippen LogP contribution in [0.5, 0.6) is 0 Å². The van der Waals surface area contributed by atoms with Crippen LogP contribution in [0.2, 0.25) is 16.6 Å². The number of rotatable bonds is 14. The van der Waals surface area contributed by atoms with Crippen molar-refractivity contribution >= 4 is 8.32 Å². The third kappa shape index (κ3) is 18.0. The Morgan fingerprint density at radius 2 is 1.15 bits per heavy atom. The molecule has 0 aliphatic heterocycles. The maximum Gasteiger partial charge on any atom is 0.200 e. The monoisotopic (exact) mass is 540 g/mol. The second kappa shape index (κ2) is 22.9. The van der Waals surface area contributed by atoms with E-state index in [0.717, 1.165) is 45.4 Å². The van der Waals surface area contributed by atoms with E-state index in [9.17, 15) is 5.11 Å². The molecule has 0 saturated carbocycles. The van der Waals surface area contributed by atoms with Crippen LogP contribution in [0, 0.1) is 6.42 Å². The number of nitrogens with zero attached hydrogens (tertiary/aromatic N) is 1. The van der Waals surface area contributed by atoms with Gasteiger partial charge in [0.05, 0.1) is 5.72 Å². The van der Waals surface area contributed by atoms with Crippen molar-refractivity contribution < 1.29 is 41.5 Å². The van der Waals surface area contributed by atoms with Crippen molar-refractivity contribution in [2.45, 2.75) is 150 Å². The van der Waals surface area contributed by atoms with Gasteiger partial charge in [0.25, 0.3) is 0 Å². The summed E-state index contributed by atoms with van der Waals surface area (Å²) in [5, 5.41) is 27.2. The molecule has 1 unspecified atom stereocenters. The molecule has 0 amide bonds. The fourth-order valence-corrected chi connectivity index (χ4v) is 10.2. The molecule has 3 N–H and O–H groups in total. The van der Waals surface area contributed by atoms with Crippen molar-refractivity contribution in [1.29, 1.82) is 0 Å². The molecule has 0 aliphatic carbocycles. The molecule has 0 aromatic heterocycles. The second-order valence-electron chi connectivity index (χ2n) is 10.5. The average Bonchev–Trinajstić information content (AvgIpc) is 2.64. The van der Waals surface area contributed by atoms with Crippen LogP contribution in [0.15, 0.2) is 0 Å². The van der Waals surface area contributed by atoms with E-state index in [1.807, 2.05) is 0 Å². The summed E-state index contributed by atoms with van der Waals surface area (Å²) in [5.74, 6) is 0. The van der Waals surface area contributed by atoms with Gasteiger partial charge < -0.3 is 26.2 Å². The van der Waals surface area contributed by atoms with Gasteiger partial charge in [-0.25, -0.2) is 0 Å². The van der Waals surface area contributed by atoms with Gasteiger partial charge in [0.15, 0.2) is 8.32 Å². The molecule has 7 heteroatoms. The van der Waals surface area contributed by atoms with Crippen LogP contribution in [0.3, 0.4) is 0 Å². The SMILES string of the molecule is CC(C)O.CC(C)O.CCCC(O)(C[CH-]CCO[Si](C(C)C)(C(C)C)C(C)C)N(CC)CC.[Ti]. The van der Waals surface area contributed by atoms with Crippen molar-refractivity contribution in [3.63, 3.8) is 0 Å². The Bertz CT molecular complexity index is 400. The van der Waals surface area contributed by atoms with Crippen molar-refractivity contribution in [2.24, 2.45) is 0 Å². The smallest absolute Gasteiger partial charge is 0.200 e. The summed E-state index contributed by atoms with van der Waals surface area (Å²) in [6.45, 7) is 29.8. The molecule has 0 aromatic rings. The molecular formula is C27H62NO4SiTi-. The number of aliphatic hydroxyl groups is 3. The minimum Gasteiger partial charge on any atom is -0.419 e. The Hall–Kier alpha value is 0.731.